The predicted molar refractivity (Wildman–Crippen MR) is 46.9 cm³/mol. The molecule has 0 aromatic carbocycles. The Hall–Kier alpha value is 0.640. The minimum absolute atomic E-state index is 0.115. The molecule has 0 aliphatic heterocycles. The zero-order chi connectivity index (χ0) is 8.91. The van der Waals surface area contributed by atoms with Crippen LogP contribution in [0.25, 0.3) is 0 Å². The molecule has 0 radical (unpaired) electrons. The van der Waals surface area contributed by atoms with Gasteiger partial charge in [0.05, 0.1) is 12.4 Å². The van der Waals surface area contributed by atoms with Crippen LogP contribution in [0.3, 0.4) is 0 Å². The summed E-state index contributed by atoms with van der Waals surface area (Å²) in [4.78, 5) is 0. The second kappa shape index (κ2) is 5.31. The Morgan fingerprint density at radius 3 is 2.55 bits per heavy atom. The fourth-order valence-corrected chi connectivity index (χ4v) is 1.90. The lowest BCUT2D eigenvalue weighted by Crippen LogP contribution is -2.17. The smallest absolute Gasteiger partial charge is 0.268 e. The van der Waals surface area contributed by atoms with E-state index in [1.165, 1.54) is 0 Å². The predicted octanol–water partition coefficient (Wildman–Crippen LogP) is 1.12. The lowest BCUT2D eigenvalue weighted by Gasteiger charge is -2.04. The molecule has 0 spiro atoms. The van der Waals surface area contributed by atoms with Crippen LogP contribution in [-0.4, -0.2) is 30.8 Å². The van der Waals surface area contributed by atoms with Gasteiger partial charge in [-0.05, 0) is 18.7 Å². The Labute approximate surface area is 80.0 Å². The van der Waals surface area contributed by atoms with Gasteiger partial charge < -0.3 is 0 Å². The molecule has 0 amide bonds. The van der Waals surface area contributed by atoms with Gasteiger partial charge in [-0.3, -0.25) is 4.18 Å². The van der Waals surface area contributed by atoms with Crippen LogP contribution in [0.5, 0.6) is 0 Å². The average molecular weight is 267 g/mol. The van der Waals surface area contributed by atoms with Crippen molar-refractivity contribution >= 4 is 38.0 Å². The van der Waals surface area contributed by atoms with Crippen molar-refractivity contribution in [1.29, 1.82) is 0 Å². The highest BCUT2D eigenvalue weighted by Gasteiger charge is 2.10. The quantitative estimate of drug-likeness (QED) is 0.553. The Morgan fingerprint density at radius 2 is 2.18 bits per heavy atom. The van der Waals surface area contributed by atoms with Gasteiger partial charge in [-0.2, -0.15) is 11.9 Å². The van der Waals surface area contributed by atoms with E-state index in [9.17, 15) is 8.42 Å². The number of hydrogen-bond donors (Lipinski definition) is 0. The van der Waals surface area contributed by atoms with Gasteiger partial charge in [-0.25, -0.2) is 0 Å². The van der Waals surface area contributed by atoms with E-state index in [1.54, 1.807) is 6.92 Å². The van der Waals surface area contributed by atoms with Crippen LogP contribution in [0.1, 0.15) is 6.92 Å². The molecule has 11 heavy (non-hydrogen) atoms. The SMILES string of the molecule is CCOS(=O)(=O)CCN(Cl)Br. The molecule has 0 aromatic rings. The van der Waals surface area contributed by atoms with Crippen molar-refractivity contribution in [2.24, 2.45) is 0 Å². The molecule has 0 atom stereocenters. The maximum Gasteiger partial charge on any atom is 0.268 e. The lowest BCUT2D eigenvalue weighted by molar-refractivity contribution is 0.337. The van der Waals surface area contributed by atoms with Crippen LogP contribution in [0.2, 0.25) is 0 Å². The summed E-state index contributed by atoms with van der Waals surface area (Å²) in [6.45, 7) is 1.96. The highest BCUT2D eigenvalue weighted by atomic mass is 79.9. The van der Waals surface area contributed by atoms with E-state index >= 15 is 0 Å². The molecule has 0 saturated carbocycles. The third-order valence-electron chi connectivity index (χ3n) is 0.808. The Bertz CT molecular complexity index is 194. The molecule has 0 bridgehead atoms. The number of nitrogens with zero attached hydrogens (tertiary/aromatic N) is 1. The molecule has 7 heteroatoms. The molecule has 0 fully saturated rings. The van der Waals surface area contributed by atoms with Crippen LogP contribution in [0.15, 0.2) is 0 Å². The van der Waals surface area contributed by atoms with Crippen molar-refractivity contribution in [3.05, 3.63) is 0 Å². The fraction of sp³-hybridized carbons (Fsp3) is 1.00. The molecule has 0 aliphatic carbocycles. The summed E-state index contributed by atoms with van der Waals surface area (Å²) in [6.07, 6.45) is 0. The molecule has 68 valence electrons. The number of rotatable bonds is 5. The van der Waals surface area contributed by atoms with Crippen LogP contribution in [0.4, 0.5) is 0 Å². The van der Waals surface area contributed by atoms with E-state index in [-0.39, 0.29) is 18.9 Å². The number of hydrogen-bond acceptors (Lipinski definition) is 4. The molecule has 0 N–H and O–H groups in total. The van der Waals surface area contributed by atoms with Crippen molar-refractivity contribution in [3.63, 3.8) is 0 Å². The first kappa shape index (κ1) is 11.6. The molecule has 0 saturated heterocycles. The van der Waals surface area contributed by atoms with Crippen molar-refractivity contribution in [3.8, 4) is 0 Å². The van der Waals surface area contributed by atoms with Gasteiger partial charge >= 0.3 is 0 Å². The summed E-state index contributed by atoms with van der Waals surface area (Å²) >= 11 is 8.17. The van der Waals surface area contributed by atoms with E-state index in [0.29, 0.717) is 0 Å². The normalized spacial score (nSPS) is 12.4. The van der Waals surface area contributed by atoms with Gasteiger partial charge in [-0.1, -0.05) is 0 Å². The maximum absolute atomic E-state index is 10.8. The first-order chi connectivity index (χ1) is 4.98. The van der Waals surface area contributed by atoms with Gasteiger partial charge in [0.15, 0.2) is 0 Å². The molecule has 0 unspecified atom stereocenters. The topological polar surface area (TPSA) is 46.6 Å². The maximum atomic E-state index is 10.8. The first-order valence-corrected chi connectivity index (χ1v) is 5.56. The summed E-state index contributed by atoms with van der Waals surface area (Å²) in [6, 6.07) is 0. The molecule has 4 nitrogen and oxygen atoms in total. The molecular formula is C4H9BrClNO3S. The third kappa shape index (κ3) is 7.02. The summed E-state index contributed by atoms with van der Waals surface area (Å²) in [5.41, 5.74) is 0. The largest absolute Gasteiger partial charge is 0.270 e. The standard InChI is InChI=1S/C4H9BrClNO3S/c1-2-10-11(8,9)4-3-7(5)6/h2-4H2,1H3. The van der Waals surface area contributed by atoms with Crippen LogP contribution in [0, 0.1) is 0 Å². The lowest BCUT2D eigenvalue weighted by atomic mass is 10.8. The minimum atomic E-state index is -3.38. The average Bonchev–Trinajstić information content (AvgIpc) is 1.84. The van der Waals surface area contributed by atoms with E-state index in [0.717, 1.165) is 3.45 Å². The van der Waals surface area contributed by atoms with E-state index in [1.807, 2.05) is 0 Å². The Balaban J connectivity index is 3.74. The summed E-state index contributed by atoms with van der Waals surface area (Å²) in [5.74, 6) is -0.115. The van der Waals surface area contributed by atoms with Gasteiger partial charge in [0.2, 0.25) is 0 Å². The van der Waals surface area contributed by atoms with E-state index in [4.69, 9.17) is 11.8 Å². The van der Waals surface area contributed by atoms with Gasteiger partial charge in [0.25, 0.3) is 10.1 Å². The zero-order valence-electron chi connectivity index (χ0n) is 5.96. The molecule has 0 aromatic heterocycles. The highest BCUT2D eigenvalue weighted by molar-refractivity contribution is 9.08. The monoisotopic (exact) mass is 265 g/mol. The van der Waals surface area contributed by atoms with Crippen LogP contribution < -0.4 is 0 Å². The zero-order valence-corrected chi connectivity index (χ0v) is 9.12. The summed E-state index contributed by atoms with van der Waals surface area (Å²) in [7, 11) is -3.38. The molecule has 0 heterocycles. The Kier molecular flexibility index (Phi) is 5.62. The van der Waals surface area contributed by atoms with Crippen LogP contribution >= 0.6 is 27.9 Å². The molecular weight excluding hydrogens is 257 g/mol. The molecule has 0 rings (SSSR count). The highest BCUT2D eigenvalue weighted by Crippen LogP contribution is 2.03. The fourth-order valence-electron chi connectivity index (χ4n) is 0.419. The Morgan fingerprint density at radius 1 is 1.64 bits per heavy atom. The van der Waals surface area contributed by atoms with Crippen molar-refractivity contribution in [2.45, 2.75) is 6.92 Å². The van der Waals surface area contributed by atoms with E-state index in [2.05, 4.69) is 20.3 Å². The molecule has 0 aliphatic rings. The first-order valence-electron chi connectivity index (χ1n) is 2.94. The third-order valence-corrected chi connectivity index (χ3v) is 2.61. The van der Waals surface area contributed by atoms with Gasteiger partial charge in [0, 0.05) is 22.7 Å². The van der Waals surface area contributed by atoms with E-state index < -0.39 is 10.1 Å². The number of halogens is 2. The summed E-state index contributed by atoms with van der Waals surface area (Å²) < 4.78 is 27.1. The van der Waals surface area contributed by atoms with Gasteiger partial charge in [-0.15, -0.1) is 0 Å². The second-order valence-electron chi connectivity index (χ2n) is 1.69. The summed E-state index contributed by atoms with van der Waals surface area (Å²) in [5, 5.41) is 0. The minimum Gasteiger partial charge on any atom is -0.270 e. The second-order valence-corrected chi connectivity index (χ2v) is 5.13. The van der Waals surface area contributed by atoms with Crippen LogP contribution in [-0.2, 0) is 14.3 Å². The van der Waals surface area contributed by atoms with Crippen molar-refractivity contribution in [2.75, 3.05) is 18.9 Å². The van der Waals surface area contributed by atoms with Crippen molar-refractivity contribution < 1.29 is 12.6 Å². The van der Waals surface area contributed by atoms with Crippen molar-refractivity contribution in [1.82, 2.24) is 3.45 Å². The van der Waals surface area contributed by atoms with Gasteiger partial charge in [0.1, 0.15) is 0 Å².